The van der Waals surface area contributed by atoms with Gasteiger partial charge in [0.25, 0.3) is 5.91 Å². The van der Waals surface area contributed by atoms with E-state index in [1.54, 1.807) is 36.4 Å². The Morgan fingerprint density at radius 2 is 2.09 bits per heavy atom. The zero-order valence-corrected chi connectivity index (χ0v) is 12.0. The number of anilines is 1. The van der Waals surface area contributed by atoms with Crippen LogP contribution in [0.3, 0.4) is 0 Å². The van der Waals surface area contributed by atoms with E-state index in [1.165, 1.54) is 0 Å². The number of carboxylic acid groups (broad SMARTS) is 1. The Bertz CT molecular complexity index is 759. The Balaban J connectivity index is 1.81. The van der Waals surface area contributed by atoms with E-state index in [-0.39, 0.29) is 12.5 Å². The molecule has 3 N–H and O–H groups in total. The molecule has 0 unspecified atom stereocenters. The first-order valence-corrected chi connectivity index (χ1v) is 7.30. The Labute approximate surface area is 131 Å². The van der Waals surface area contributed by atoms with Crippen LogP contribution >= 0.6 is 0 Å². The molecule has 7 nitrogen and oxygen atoms in total. The average Bonchev–Trinajstić information content (AvgIpc) is 3.09. The lowest BCUT2D eigenvalue weighted by Gasteiger charge is -2.30. The smallest absolute Gasteiger partial charge is 0.310 e. The van der Waals surface area contributed by atoms with Gasteiger partial charge in [-0.15, -0.1) is 0 Å². The second-order valence-corrected chi connectivity index (χ2v) is 5.96. The van der Waals surface area contributed by atoms with Gasteiger partial charge in [-0.05, 0) is 12.1 Å². The quantitative estimate of drug-likeness (QED) is 0.651. The van der Waals surface area contributed by atoms with Crippen LogP contribution in [0.2, 0.25) is 0 Å². The van der Waals surface area contributed by atoms with E-state index in [4.69, 9.17) is 4.74 Å². The number of ether oxygens (including phenoxy) is 1. The fraction of sp³-hybridized carbons (Fsp3) is 0.312. The first-order valence-electron chi connectivity index (χ1n) is 7.30. The molecule has 1 spiro atoms. The van der Waals surface area contributed by atoms with Crippen molar-refractivity contribution in [2.45, 2.75) is 11.7 Å². The monoisotopic (exact) mass is 314 g/mol. The van der Waals surface area contributed by atoms with Crippen LogP contribution in [0.4, 0.5) is 5.69 Å². The van der Waals surface area contributed by atoms with Crippen molar-refractivity contribution >= 4 is 23.5 Å². The number of carbonyl (C=O) groups is 3. The second-order valence-electron chi connectivity index (χ2n) is 5.96. The number of fused-ring (bicyclic) bond motifs is 2. The van der Waals surface area contributed by atoms with Gasteiger partial charge in [0.1, 0.15) is 11.5 Å². The fourth-order valence-electron chi connectivity index (χ4n) is 3.65. The molecular formula is C16H14N2O5. The zero-order chi connectivity index (χ0) is 16.2. The summed E-state index contributed by atoms with van der Waals surface area (Å²) in [6.45, 7) is 0.0506. The van der Waals surface area contributed by atoms with Crippen molar-refractivity contribution in [3.8, 4) is 0 Å². The lowest BCUT2D eigenvalue weighted by Crippen LogP contribution is -2.50. The summed E-state index contributed by atoms with van der Waals surface area (Å²) >= 11 is 0. The number of para-hydroxylation sites is 1. The van der Waals surface area contributed by atoms with E-state index in [0.717, 1.165) is 0 Å². The minimum absolute atomic E-state index is 0.0506. The average molecular weight is 314 g/mol. The molecule has 0 saturated carbocycles. The largest absolute Gasteiger partial charge is 0.481 e. The summed E-state index contributed by atoms with van der Waals surface area (Å²) in [4.78, 5) is 36.7. The highest BCUT2D eigenvalue weighted by molar-refractivity contribution is 6.06. The van der Waals surface area contributed by atoms with Gasteiger partial charge in [0.05, 0.1) is 29.8 Å². The minimum atomic E-state index is -1.12. The molecule has 3 aliphatic heterocycles. The fourth-order valence-corrected chi connectivity index (χ4v) is 3.65. The van der Waals surface area contributed by atoms with Gasteiger partial charge >= 0.3 is 5.97 Å². The van der Waals surface area contributed by atoms with Gasteiger partial charge in [-0.3, -0.25) is 14.4 Å². The molecule has 4 rings (SSSR count). The molecule has 3 aliphatic rings. The Kier molecular flexibility index (Phi) is 2.83. The van der Waals surface area contributed by atoms with Crippen LogP contribution in [0, 0.1) is 11.8 Å². The molecular weight excluding hydrogens is 300 g/mol. The predicted octanol–water partition coefficient (Wildman–Crippen LogP) is 0.393. The maximum absolute atomic E-state index is 12.7. The third-order valence-electron chi connectivity index (χ3n) is 4.69. The molecule has 2 bridgehead atoms. The molecule has 1 aromatic rings. The van der Waals surface area contributed by atoms with Crippen molar-refractivity contribution < 1.29 is 24.2 Å². The summed E-state index contributed by atoms with van der Waals surface area (Å²) in [5.41, 5.74) is -0.416. The van der Waals surface area contributed by atoms with Crippen LogP contribution in [0.25, 0.3) is 0 Å². The van der Waals surface area contributed by atoms with Gasteiger partial charge in [-0.2, -0.15) is 0 Å². The molecule has 1 fully saturated rings. The van der Waals surface area contributed by atoms with Gasteiger partial charge in [0.15, 0.2) is 0 Å². The van der Waals surface area contributed by atoms with Crippen LogP contribution in [0.5, 0.6) is 0 Å². The predicted molar refractivity (Wildman–Crippen MR) is 78.8 cm³/mol. The highest BCUT2D eigenvalue weighted by atomic mass is 16.5. The molecule has 1 aromatic carbocycles. The maximum Gasteiger partial charge on any atom is 0.310 e. The van der Waals surface area contributed by atoms with E-state index < -0.39 is 35.4 Å². The van der Waals surface area contributed by atoms with E-state index in [2.05, 4.69) is 10.6 Å². The van der Waals surface area contributed by atoms with E-state index in [1.807, 2.05) is 0 Å². The van der Waals surface area contributed by atoms with E-state index >= 15 is 0 Å². The normalized spacial score (nSPS) is 34.5. The van der Waals surface area contributed by atoms with Crippen LogP contribution in [-0.4, -0.2) is 41.1 Å². The summed E-state index contributed by atoms with van der Waals surface area (Å²) in [7, 11) is 0. The van der Waals surface area contributed by atoms with E-state index in [9.17, 15) is 19.5 Å². The third-order valence-corrected chi connectivity index (χ3v) is 4.69. The Hall–Kier alpha value is -2.67. The molecule has 23 heavy (non-hydrogen) atoms. The SMILES string of the molecule is O=C1NC[C@@]23C=C[C@H](O2)[C@H](C(=O)O)[C@@H]3C(=O)Nc2ccccc21. The lowest BCUT2D eigenvalue weighted by atomic mass is 9.74. The molecule has 1 saturated heterocycles. The van der Waals surface area contributed by atoms with Crippen LogP contribution < -0.4 is 10.6 Å². The Morgan fingerprint density at radius 3 is 2.87 bits per heavy atom. The van der Waals surface area contributed by atoms with Crippen molar-refractivity contribution in [2.24, 2.45) is 11.8 Å². The second kappa shape index (κ2) is 4.66. The van der Waals surface area contributed by atoms with Gasteiger partial charge in [0, 0.05) is 0 Å². The molecule has 0 radical (unpaired) electrons. The summed E-state index contributed by atoms with van der Waals surface area (Å²) in [6.07, 6.45) is 2.69. The minimum Gasteiger partial charge on any atom is -0.481 e. The van der Waals surface area contributed by atoms with Gasteiger partial charge in [0.2, 0.25) is 5.91 Å². The van der Waals surface area contributed by atoms with E-state index in [0.29, 0.717) is 11.3 Å². The highest BCUT2D eigenvalue weighted by Gasteiger charge is 2.62. The first kappa shape index (κ1) is 14.0. The first-order chi connectivity index (χ1) is 11.0. The van der Waals surface area contributed by atoms with Crippen molar-refractivity contribution in [3.63, 3.8) is 0 Å². The van der Waals surface area contributed by atoms with Gasteiger partial charge in [-0.25, -0.2) is 0 Å². The summed E-state index contributed by atoms with van der Waals surface area (Å²) in [5.74, 6) is -3.74. The number of carbonyl (C=O) groups excluding carboxylic acids is 2. The number of hydrogen-bond donors (Lipinski definition) is 3. The zero-order valence-electron chi connectivity index (χ0n) is 12.0. The third kappa shape index (κ3) is 1.90. The number of amides is 2. The van der Waals surface area contributed by atoms with Crippen LogP contribution in [-0.2, 0) is 14.3 Å². The molecule has 0 aliphatic carbocycles. The summed E-state index contributed by atoms with van der Waals surface area (Å²) in [6, 6.07) is 6.62. The molecule has 0 aromatic heterocycles. The number of hydrogen-bond acceptors (Lipinski definition) is 4. The highest BCUT2D eigenvalue weighted by Crippen LogP contribution is 2.47. The standard InChI is InChI=1S/C16H14N2O5/c19-13-8-3-1-2-4-9(8)18-14(20)12-11(15(21)22)10-5-6-16(12,23-10)7-17-13/h1-6,10-12H,7H2,(H,17,19)(H,18,20)(H,21,22)/t10-,11-,12+,16+/m0/s1. The topological polar surface area (TPSA) is 105 Å². The van der Waals surface area contributed by atoms with Crippen LogP contribution in [0.1, 0.15) is 10.4 Å². The number of aliphatic carboxylic acids is 1. The number of nitrogens with one attached hydrogen (secondary N) is 2. The Morgan fingerprint density at radius 1 is 1.30 bits per heavy atom. The molecule has 3 heterocycles. The lowest BCUT2D eigenvalue weighted by molar-refractivity contribution is -0.146. The summed E-state index contributed by atoms with van der Waals surface area (Å²) < 4.78 is 5.78. The molecule has 7 heteroatoms. The molecule has 118 valence electrons. The number of benzene rings is 1. The number of rotatable bonds is 1. The maximum atomic E-state index is 12.7. The van der Waals surface area contributed by atoms with Crippen molar-refractivity contribution in [1.82, 2.24) is 5.32 Å². The number of carboxylic acids is 1. The molecule has 2 amide bonds. The summed E-state index contributed by atoms with van der Waals surface area (Å²) in [5, 5.41) is 14.9. The molecule has 4 atom stereocenters. The van der Waals surface area contributed by atoms with Gasteiger partial charge < -0.3 is 20.5 Å². The van der Waals surface area contributed by atoms with Gasteiger partial charge in [-0.1, -0.05) is 24.3 Å². The van der Waals surface area contributed by atoms with Crippen molar-refractivity contribution in [2.75, 3.05) is 11.9 Å². The van der Waals surface area contributed by atoms with Crippen molar-refractivity contribution in [1.29, 1.82) is 0 Å². The van der Waals surface area contributed by atoms with Crippen LogP contribution in [0.15, 0.2) is 36.4 Å². The van der Waals surface area contributed by atoms with Crippen molar-refractivity contribution in [3.05, 3.63) is 42.0 Å².